The van der Waals surface area contributed by atoms with Crippen molar-refractivity contribution in [3.8, 4) is 11.3 Å². The van der Waals surface area contributed by atoms with E-state index in [1.165, 1.54) is 22.9 Å². The van der Waals surface area contributed by atoms with Crippen molar-refractivity contribution in [3.63, 3.8) is 0 Å². The van der Waals surface area contributed by atoms with Crippen molar-refractivity contribution in [1.82, 2.24) is 24.8 Å². The molecule has 39 heavy (non-hydrogen) atoms. The van der Waals surface area contributed by atoms with Gasteiger partial charge in [-0.2, -0.15) is 13.2 Å². The second-order valence-electron chi connectivity index (χ2n) is 8.84. The van der Waals surface area contributed by atoms with E-state index in [1.807, 2.05) is 18.2 Å². The lowest BCUT2D eigenvalue weighted by Gasteiger charge is -2.15. The van der Waals surface area contributed by atoms with Gasteiger partial charge in [0.15, 0.2) is 5.82 Å². The third kappa shape index (κ3) is 5.98. The van der Waals surface area contributed by atoms with Gasteiger partial charge in [0.25, 0.3) is 5.56 Å². The highest BCUT2D eigenvalue weighted by molar-refractivity contribution is 5.80. The number of hydrogen-bond donors (Lipinski definition) is 3. The molecule has 1 amide bonds. The van der Waals surface area contributed by atoms with E-state index in [2.05, 4.69) is 25.6 Å². The number of amides is 1. The quantitative estimate of drug-likeness (QED) is 0.268. The molecular formula is C28H23F3N6O2. The first-order chi connectivity index (χ1) is 18.8. The zero-order valence-electron chi connectivity index (χ0n) is 20.5. The summed E-state index contributed by atoms with van der Waals surface area (Å²) in [6.07, 6.45) is 0.368. The van der Waals surface area contributed by atoms with E-state index in [-0.39, 0.29) is 25.5 Å². The van der Waals surface area contributed by atoms with Gasteiger partial charge in [-0.1, -0.05) is 42.5 Å². The summed E-state index contributed by atoms with van der Waals surface area (Å²) in [4.78, 5) is 37.8. The van der Waals surface area contributed by atoms with Crippen LogP contribution < -0.4 is 16.2 Å². The topological polar surface area (TPSA) is 105 Å². The molecule has 0 radical (unpaired) electrons. The molecule has 0 aliphatic carbocycles. The minimum atomic E-state index is -4.48. The van der Waals surface area contributed by atoms with Gasteiger partial charge in [-0.15, -0.1) is 0 Å². The summed E-state index contributed by atoms with van der Waals surface area (Å²) in [6, 6.07) is 17.5. The Morgan fingerprint density at radius 1 is 0.974 bits per heavy atom. The molecule has 0 aliphatic rings. The minimum absolute atomic E-state index is 0.0573. The van der Waals surface area contributed by atoms with Gasteiger partial charge in [0.1, 0.15) is 6.54 Å². The minimum Gasteiger partial charge on any atom is -0.361 e. The predicted molar refractivity (Wildman–Crippen MR) is 141 cm³/mol. The third-order valence-corrected chi connectivity index (χ3v) is 6.09. The summed E-state index contributed by atoms with van der Waals surface area (Å²) in [7, 11) is 0. The lowest BCUT2D eigenvalue weighted by molar-refractivity contribution is -0.137. The highest BCUT2D eigenvalue weighted by atomic mass is 19.4. The Balaban J connectivity index is 1.37. The fraction of sp³-hybridized carbons (Fsp3) is 0.143. The van der Waals surface area contributed by atoms with Crippen molar-refractivity contribution in [2.45, 2.75) is 25.8 Å². The number of carbonyl (C=O) groups excluding carboxylic acids is 1. The fourth-order valence-electron chi connectivity index (χ4n) is 4.17. The van der Waals surface area contributed by atoms with Crippen molar-refractivity contribution < 1.29 is 18.0 Å². The van der Waals surface area contributed by atoms with Crippen LogP contribution in [-0.2, 0) is 30.6 Å². The van der Waals surface area contributed by atoms with Crippen molar-refractivity contribution >= 4 is 22.6 Å². The largest absolute Gasteiger partial charge is 0.416 e. The van der Waals surface area contributed by atoms with Crippen molar-refractivity contribution in [2.75, 3.05) is 5.32 Å². The average Bonchev–Trinajstić information content (AvgIpc) is 3.36. The fourth-order valence-corrected chi connectivity index (χ4v) is 4.17. The number of anilines is 1. The maximum absolute atomic E-state index is 13.4. The van der Waals surface area contributed by atoms with Crippen LogP contribution in [0.4, 0.5) is 19.0 Å². The van der Waals surface area contributed by atoms with E-state index in [9.17, 15) is 22.8 Å². The summed E-state index contributed by atoms with van der Waals surface area (Å²) >= 11 is 0. The molecule has 0 fully saturated rings. The van der Waals surface area contributed by atoms with Crippen LogP contribution in [0.2, 0.25) is 0 Å². The summed E-state index contributed by atoms with van der Waals surface area (Å²) in [5.41, 5.74) is 1.75. The number of alkyl halides is 3. The molecule has 0 saturated heterocycles. The van der Waals surface area contributed by atoms with Crippen LogP contribution in [0.5, 0.6) is 0 Å². The molecule has 0 unspecified atom stereocenters. The Hall–Kier alpha value is -4.93. The average molecular weight is 533 g/mol. The van der Waals surface area contributed by atoms with Crippen LogP contribution in [0.3, 0.4) is 0 Å². The third-order valence-electron chi connectivity index (χ3n) is 6.09. The molecule has 0 bridgehead atoms. The number of rotatable bonds is 8. The number of hydrogen-bond acceptors (Lipinski definition) is 5. The molecule has 0 saturated carbocycles. The first kappa shape index (κ1) is 25.7. The number of pyridine rings is 1. The van der Waals surface area contributed by atoms with Gasteiger partial charge in [0.2, 0.25) is 5.91 Å². The van der Waals surface area contributed by atoms with Crippen molar-refractivity contribution in [3.05, 3.63) is 112 Å². The second kappa shape index (κ2) is 10.8. The van der Waals surface area contributed by atoms with Gasteiger partial charge in [-0.25, -0.2) is 4.98 Å². The first-order valence-corrected chi connectivity index (χ1v) is 12.0. The summed E-state index contributed by atoms with van der Waals surface area (Å²) in [5, 5.41) is 6.54. The van der Waals surface area contributed by atoms with E-state index in [1.54, 1.807) is 36.7 Å². The SMILES string of the molecule is O=C(Cn1c(-c2ccccc2)cnc(NCc2cccc(C(F)(F)F)c2)c1=O)NCc1cc2cnccc2[nH]1. The molecule has 0 spiro atoms. The number of benzene rings is 2. The normalized spacial score (nSPS) is 11.5. The van der Waals surface area contributed by atoms with Crippen molar-refractivity contribution in [1.29, 1.82) is 0 Å². The number of aromatic nitrogens is 4. The molecule has 11 heteroatoms. The summed E-state index contributed by atoms with van der Waals surface area (Å²) in [5.74, 6) is -0.482. The van der Waals surface area contributed by atoms with E-state index in [0.29, 0.717) is 16.8 Å². The zero-order chi connectivity index (χ0) is 27.4. The Labute approximate surface area is 220 Å². The Bertz CT molecular complexity index is 1650. The van der Waals surface area contributed by atoms with E-state index < -0.39 is 23.2 Å². The Morgan fingerprint density at radius 3 is 2.56 bits per heavy atom. The molecule has 5 aromatic rings. The maximum Gasteiger partial charge on any atom is 0.416 e. The second-order valence-corrected chi connectivity index (χ2v) is 8.84. The van der Waals surface area contributed by atoms with Crippen LogP contribution in [-0.4, -0.2) is 25.4 Å². The lowest BCUT2D eigenvalue weighted by atomic mass is 10.1. The Morgan fingerprint density at radius 2 is 1.79 bits per heavy atom. The van der Waals surface area contributed by atoms with E-state index in [4.69, 9.17) is 0 Å². The molecule has 5 rings (SSSR count). The van der Waals surface area contributed by atoms with Crippen LogP contribution >= 0.6 is 0 Å². The number of carbonyl (C=O) groups is 1. The van der Waals surface area contributed by atoms with Crippen molar-refractivity contribution in [2.24, 2.45) is 0 Å². The first-order valence-electron chi connectivity index (χ1n) is 12.0. The number of halogens is 3. The summed E-state index contributed by atoms with van der Waals surface area (Å²) < 4.78 is 40.5. The van der Waals surface area contributed by atoms with Gasteiger partial charge >= 0.3 is 6.18 Å². The van der Waals surface area contributed by atoms with Crippen LogP contribution in [0.15, 0.2) is 90.1 Å². The number of aromatic amines is 1. The smallest absolute Gasteiger partial charge is 0.361 e. The van der Waals surface area contributed by atoms with Gasteiger partial charge in [-0.3, -0.25) is 19.1 Å². The molecule has 3 heterocycles. The number of fused-ring (bicyclic) bond motifs is 1. The highest BCUT2D eigenvalue weighted by Gasteiger charge is 2.30. The molecular weight excluding hydrogens is 509 g/mol. The predicted octanol–water partition coefficient (Wildman–Crippen LogP) is 4.73. The van der Waals surface area contributed by atoms with Crippen LogP contribution in [0.1, 0.15) is 16.8 Å². The van der Waals surface area contributed by atoms with Crippen LogP contribution in [0.25, 0.3) is 22.2 Å². The monoisotopic (exact) mass is 532 g/mol. The molecule has 3 N–H and O–H groups in total. The molecule has 8 nitrogen and oxygen atoms in total. The van der Waals surface area contributed by atoms with E-state index in [0.717, 1.165) is 28.7 Å². The van der Waals surface area contributed by atoms with Gasteiger partial charge in [0.05, 0.1) is 24.0 Å². The van der Waals surface area contributed by atoms with Crippen LogP contribution in [0, 0.1) is 0 Å². The molecule has 3 aromatic heterocycles. The lowest BCUT2D eigenvalue weighted by Crippen LogP contribution is -2.34. The zero-order valence-corrected chi connectivity index (χ0v) is 20.5. The molecule has 2 aromatic carbocycles. The van der Waals surface area contributed by atoms with Gasteiger partial charge in [-0.05, 0) is 35.4 Å². The maximum atomic E-state index is 13.4. The van der Waals surface area contributed by atoms with Gasteiger partial charge in [0, 0.05) is 35.5 Å². The summed E-state index contributed by atoms with van der Waals surface area (Å²) in [6.45, 7) is -0.126. The van der Waals surface area contributed by atoms with Gasteiger partial charge < -0.3 is 15.6 Å². The van der Waals surface area contributed by atoms with E-state index >= 15 is 0 Å². The molecule has 198 valence electrons. The number of nitrogens with one attached hydrogen (secondary N) is 3. The molecule has 0 atom stereocenters. The standard InChI is InChI=1S/C28H23F3N6O2/c29-28(30,31)21-8-4-5-18(11-21)13-34-26-27(39)37(24(16-35-26)19-6-2-1-3-7-19)17-25(38)33-15-22-12-20-14-32-10-9-23(20)36-22/h1-12,14,16,36H,13,15,17H2,(H,33,38)(H,34,35). The Kier molecular flexibility index (Phi) is 7.13. The highest BCUT2D eigenvalue weighted by Crippen LogP contribution is 2.29. The number of H-pyrrole nitrogens is 1. The molecule has 0 aliphatic heterocycles. The number of nitrogens with zero attached hydrogens (tertiary/aromatic N) is 3.